The smallest absolute Gasteiger partial charge is 0.137 e. The first-order valence-electron chi connectivity index (χ1n) is 15.8. The molecule has 2 aliphatic rings. The molecule has 0 fully saturated rings. The third kappa shape index (κ3) is 3.91. The fraction of sp³-hybridized carbons (Fsp3) is 0.0238. The normalized spacial score (nSPS) is 13.5. The van der Waals surface area contributed by atoms with E-state index in [0.29, 0.717) is 0 Å². The molecule has 8 aromatic rings. The van der Waals surface area contributed by atoms with Crippen LogP contribution in [0.3, 0.4) is 0 Å². The van der Waals surface area contributed by atoms with Gasteiger partial charge in [0, 0.05) is 58.4 Å². The zero-order valence-electron chi connectivity index (χ0n) is 25.3. The van der Waals surface area contributed by atoms with Crippen molar-refractivity contribution in [3.05, 3.63) is 144 Å². The van der Waals surface area contributed by atoms with Crippen molar-refractivity contribution in [2.24, 2.45) is 4.99 Å². The van der Waals surface area contributed by atoms with Gasteiger partial charge in [-0.1, -0.05) is 54.6 Å². The van der Waals surface area contributed by atoms with Crippen LogP contribution < -0.4 is 0 Å². The van der Waals surface area contributed by atoms with Crippen molar-refractivity contribution in [1.29, 1.82) is 0 Å². The van der Waals surface area contributed by atoms with Gasteiger partial charge in [0.25, 0.3) is 0 Å². The van der Waals surface area contributed by atoms with Gasteiger partial charge in [0.1, 0.15) is 22.4 Å². The Balaban J connectivity index is 1.10. The van der Waals surface area contributed by atoms with Crippen LogP contribution >= 0.6 is 0 Å². The Hall–Kier alpha value is -6.42. The Morgan fingerprint density at radius 3 is 2.57 bits per heavy atom. The fourth-order valence-corrected chi connectivity index (χ4v) is 7.18. The molecule has 47 heavy (non-hydrogen) atoms. The molecule has 0 N–H and O–H groups in total. The van der Waals surface area contributed by atoms with E-state index in [1.165, 1.54) is 16.5 Å². The van der Waals surface area contributed by atoms with Crippen LogP contribution in [0.2, 0.25) is 0 Å². The topological polar surface area (TPSA) is 48.2 Å². The van der Waals surface area contributed by atoms with Gasteiger partial charge in [-0.25, -0.2) is 0 Å². The number of allylic oxidation sites excluding steroid dienone is 3. The molecule has 0 atom stereocenters. The first-order valence-corrected chi connectivity index (χ1v) is 15.8. The van der Waals surface area contributed by atoms with Crippen molar-refractivity contribution in [2.75, 3.05) is 0 Å². The molecule has 220 valence electrons. The van der Waals surface area contributed by atoms with Crippen LogP contribution in [0.5, 0.6) is 0 Å². The maximum absolute atomic E-state index is 6.47. The van der Waals surface area contributed by atoms with E-state index >= 15 is 0 Å². The number of furan rings is 1. The summed E-state index contributed by atoms with van der Waals surface area (Å²) in [6.07, 6.45) is 17.1. The first kappa shape index (κ1) is 25.9. The standard InChI is InChI=1S/C42H26N4O/c1-2-12-31-32-13-4-5-15-36(32)45(35(31)14-3-1)29-11-8-10-27(24-29)28-18-21-39-34(25-28)33-20-19-30(26-40(33)47-39)46-37-16-6-7-22-43-41(37)42-38(46)17-9-23-44-42/h1-2,4-6,8-26H,7H2. The summed E-state index contributed by atoms with van der Waals surface area (Å²) in [6, 6.07) is 34.4. The number of para-hydroxylation sites is 1. The number of nitrogens with zero attached hydrogens (tertiary/aromatic N) is 4. The van der Waals surface area contributed by atoms with Gasteiger partial charge in [0.15, 0.2) is 0 Å². The molecule has 1 aliphatic heterocycles. The number of hydrogen-bond donors (Lipinski definition) is 0. The van der Waals surface area contributed by atoms with Crippen molar-refractivity contribution in [3.63, 3.8) is 0 Å². The van der Waals surface area contributed by atoms with Gasteiger partial charge in [0.2, 0.25) is 0 Å². The van der Waals surface area contributed by atoms with E-state index in [2.05, 4.69) is 141 Å². The fourth-order valence-electron chi connectivity index (χ4n) is 7.18. The monoisotopic (exact) mass is 602 g/mol. The van der Waals surface area contributed by atoms with E-state index < -0.39 is 0 Å². The van der Waals surface area contributed by atoms with E-state index in [9.17, 15) is 0 Å². The molecule has 5 heteroatoms. The highest BCUT2D eigenvalue weighted by molar-refractivity contribution is 6.07. The van der Waals surface area contributed by atoms with E-state index in [1.807, 2.05) is 24.6 Å². The number of pyridine rings is 1. The second-order valence-corrected chi connectivity index (χ2v) is 11.9. The Labute approximate surface area is 270 Å². The average Bonchev–Trinajstić information content (AvgIpc) is 3.56. The lowest BCUT2D eigenvalue weighted by Crippen LogP contribution is -1.97. The molecule has 4 aromatic heterocycles. The van der Waals surface area contributed by atoms with Crippen LogP contribution in [0.15, 0.2) is 137 Å². The van der Waals surface area contributed by atoms with Crippen LogP contribution in [-0.4, -0.2) is 20.3 Å². The lowest BCUT2D eigenvalue weighted by Gasteiger charge is -2.11. The summed E-state index contributed by atoms with van der Waals surface area (Å²) in [5, 5.41) is 3.41. The van der Waals surface area contributed by atoms with Gasteiger partial charge in [-0.15, -0.1) is 5.73 Å². The lowest BCUT2D eigenvalue weighted by molar-refractivity contribution is 0.668. The SMILES string of the molecule is C1=CC=Cc2c(n(-c3cccc(-c4ccc5oc6cc(-n7c8c(c9ncccc97)N=CCC=C8)ccc6c5c4)c3)c3ccccc23)C=1. The number of hydrogen-bond acceptors (Lipinski definition) is 3. The van der Waals surface area contributed by atoms with Gasteiger partial charge in [0.05, 0.1) is 28.1 Å². The zero-order chi connectivity index (χ0) is 30.9. The van der Waals surface area contributed by atoms with E-state index in [-0.39, 0.29) is 0 Å². The van der Waals surface area contributed by atoms with Crippen LogP contribution in [0, 0.1) is 0 Å². The van der Waals surface area contributed by atoms with Crippen molar-refractivity contribution in [3.8, 4) is 22.5 Å². The summed E-state index contributed by atoms with van der Waals surface area (Å²) >= 11 is 0. The minimum absolute atomic E-state index is 0.798. The molecule has 1 aliphatic carbocycles. The Bertz CT molecular complexity index is 2760. The highest BCUT2D eigenvalue weighted by atomic mass is 16.3. The highest BCUT2D eigenvalue weighted by Crippen LogP contribution is 2.39. The molecular weight excluding hydrogens is 576 g/mol. The molecule has 4 aromatic carbocycles. The second-order valence-electron chi connectivity index (χ2n) is 11.9. The quantitative estimate of drug-likeness (QED) is 0.189. The first-order chi connectivity index (χ1) is 23.3. The predicted molar refractivity (Wildman–Crippen MR) is 194 cm³/mol. The van der Waals surface area contributed by atoms with Crippen molar-refractivity contribution >= 4 is 74.0 Å². The largest absolute Gasteiger partial charge is 0.456 e. The number of fused-ring (bicyclic) bond motifs is 9. The van der Waals surface area contributed by atoms with Crippen LogP contribution in [0.4, 0.5) is 5.69 Å². The number of benzene rings is 4. The summed E-state index contributed by atoms with van der Waals surface area (Å²) in [6.45, 7) is 0. The Kier molecular flexibility index (Phi) is 5.53. The number of aliphatic imine (C=N–C) groups is 1. The van der Waals surface area contributed by atoms with Crippen molar-refractivity contribution in [2.45, 2.75) is 6.42 Å². The van der Waals surface area contributed by atoms with E-state index in [0.717, 1.165) is 79.0 Å². The summed E-state index contributed by atoms with van der Waals surface area (Å²) in [5.41, 5.74) is 16.8. The van der Waals surface area contributed by atoms with Gasteiger partial charge >= 0.3 is 0 Å². The minimum Gasteiger partial charge on any atom is -0.456 e. The third-order valence-electron chi connectivity index (χ3n) is 9.25. The van der Waals surface area contributed by atoms with Gasteiger partial charge in [-0.3, -0.25) is 9.98 Å². The zero-order valence-corrected chi connectivity index (χ0v) is 25.3. The van der Waals surface area contributed by atoms with Crippen LogP contribution in [0.1, 0.15) is 23.4 Å². The summed E-state index contributed by atoms with van der Waals surface area (Å²) in [7, 11) is 0. The molecule has 5 heterocycles. The van der Waals surface area contributed by atoms with Crippen molar-refractivity contribution < 1.29 is 4.42 Å². The van der Waals surface area contributed by atoms with Gasteiger partial charge in [-0.2, -0.15) is 0 Å². The predicted octanol–water partition coefficient (Wildman–Crippen LogP) is 10.9. The third-order valence-corrected chi connectivity index (χ3v) is 9.25. The summed E-state index contributed by atoms with van der Waals surface area (Å²) in [4.78, 5) is 9.43. The minimum atomic E-state index is 0.798. The molecule has 10 rings (SSSR count). The number of aromatic nitrogens is 3. The highest BCUT2D eigenvalue weighted by Gasteiger charge is 2.20. The van der Waals surface area contributed by atoms with E-state index in [1.54, 1.807) is 0 Å². The number of rotatable bonds is 3. The second kappa shape index (κ2) is 10.0. The molecule has 0 bridgehead atoms. The maximum Gasteiger partial charge on any atom is 0.137 e. The average molecular weight is 603 g/mol. The van der Waals surface area contributed by atoms with Crippen LogP contribution in [-0.2, 0) is 0 Å². The van der Waals surface area contributed by atoms with E-state index in [4.69, 9.17) is 9.41 Å². The molecule has 0 amide bonds. The van der Waals surface area contributed by atoms with Crippen molar-refractivity contribution in [1.82, 2.24) is 14.1 Å². The molecule has 0 spiro atoms. The molecular formula is C42H26N4O. The Morgan fingerprint density at radius 1 is 0.681 bits per heavy atom. The maximum atomic E-state index is 6.47. The van der Waals surface area contributed by atoms with Crippen LogP contribution in [0.25, 0.3) is 84.6 Å². The molecule has 0 radical (unpaired) electrons. The lowest BCUT2D eigenvalue weighted by atomic mass is 10.0. The van der Waals surface area contributed by atoms with Gasteiger partial charge < -0.3 is 13.6 Å². The Morgan fingerprint density at radius 2 is 1.57 bits per heavy atom. The summed E-state index contributed by atoms with van der Waals surface area (Å²) < 4.78 is 11.0. The van der Waals surface area contributed by atoms with Gasteiger partial charge in [-0.05, 0) is 77.9 Å². The summed E-state index contributed by atoms with van der Waals surface area (Å²) in [5.74, 6) is 0. The molecule has 0 unspecified atom stereocenters. The molecule has 5 nitrogen and oxygen atoms in total. The molecule has 0 saturated heterocycles. The molecule has 0 saturated carbocycles.